The molecule has 6 heteroatoms. The Labute approximate surface area is 195 Å². The van der Waals surface area contributed by atoms with Gasteiger partial charge in [-0.1, -0.05) is 25.5 Å². The first-order valence-corrected chi connectivity index (χ1v) is 12.3. The molecule has 3 fully saturated rings. The number of Topliss-reactive ketones (excluding diaryl/α,β-unsaturated/α-hetero) is 1. The van der Waals surface area contributed by atoms with Gasteiger partial charge in [0.25, 0.3) is 0 Å². The number of hydrogen-bond acceptors (Lipinski definition) is 6. The molecule has 1 heterocycles. The lowest BCUT2D eigenvalue weighted by Crippen LogP contribution is -2.62. The summed E-state index contributed by atoms with van der Waals surface area (Å²) in [6.07, 6.45) is 7.58. The molecule has 1 aromatic rings. The average Bonchev–Trinajstić information content (AvgIpc) is 3.06. The van der Waals surface area contributed by atoms with Crippen LogP contribution in [0.5, 0.6) is 0 Å². The molecular weight excluding hydrogens is 418 g/mol. The van der Waals surface area contributed by atoms with Crippen LogP contribution in [0.4, 0.5) is 0 Å². The van der Waals surface area contributed by atoms with Crippen LogP contribution < -0.4 is 0 Å². The Morgan fingerprint density at radius 2 is 2.03 bits per heavy atom. The van der Waals surface area contributed by atoms with E-state index in [9.17, 15) is 19.8 Å². The number of aliphatic hydroxyl groups is 2. The summed E-state index contributed by atoms with van der Waals surface area (Å²) in [6, 6.07) is 5.54. The van der Waals surface area contributed by atoms with E-state index >= 15 is 0 Å². The fourth-order valence-corrected chi connectivity index (χ4v) is 8.00. The molecule has 1 aromatic heterocycles. The van der Waals surface area contributed by atoms with Gasteiger partial charge >= 0.3 is 0 Å². The van der Waals surface area contributed by atoms with E-state index in [0.717, 1.165) is 31.4 Å². The number of aliphatic hydroxyl groups excluding tert-OH is 1. The van der Waals surface area contributed by atoms with Crippen LogP contribution in [-0.4, -0.2) is 45.1 Å². The van der Waals surface area contributed by atoms with Gasteiger partial charge in [0, 0.05) is 18.0 Å². The molecule has 6 nitrogen and oxygen atoms in total. The van der Waals surface area contributed by atoms with Crippen LogP contribution in [0.25, 0.3) is 0 Å². The highest BCUT2D eigenvalue weighted by Crippen LogP contribution is 2.67. The highest BCUT2D eigenvalue weighted by atomic mass is 16.5. The first-order valence-electron chi connectivity index (χ1n) is 12.3. The molecule has 0 amide bonds. The summed E-state index contributed by atoms with van der Waals surface area (Å²) >= 11 is 0. The van der Waals surface area contributed by atoms with E-state index in [2.05, 4.69) is 11.9 Å². The summed E-state index contributed by atoms with van der Waals surface area (Å²) in [5.41, 5.74) is -0.411. The van der Waals surface area contributed by atoms with Crippen molar-refractivity contribution < 1.29 is 24.5 Å². The summed E-state index contributed by atoms with van der Waals surface area (Å²) in [7, 11) is 0. The van der Waals surface area contributed by atoms with Gasteiger partial charge in [-0.25, -0.2) is 0 Å². The number of aromatic nitrogens is 1. The van der Waals surface area contributed by atoms with Crippen molar-refractivity contribution >= 4 is 11.6 Å². The molecular formula is C27H35NO5. The van der Waals surface area contributed by atoms with Crippen molar-refractivity contribution in [2.75, 3.05) is 6.61 Å². The second kappa shape index (κ2) is 8.10. The van der Waals surface area contributed by atoms with Crippen molar-refractivity contribution in [1.29, 1.82) is 0 Å². The monoisotopic (exact) mass is 453 g/mol. The van der Waals surface area contributed by atoms with Crippen molar-refractivity contribution in [3.05, 3.63) is 41.7 Å². The topological polar surface area (TPSA) is 96.7 Å². The maximum absolute atomic E-state index is 13.3. The van der Waals surface area contributed by atoms with Crippen molar-refractivity contribution in [2.24, 2.45) is 28.6 Å². The zero-order valence-corrected chi connectivity index (χ0v) is 19.6. The minimum Gasteiger partial charge on any atom is -0.393 e. The third-order valence-electron chi connectivity index (χ3n) is 9.72. The fraction of sp³-hybridized carbons (Fsp3) is 0.667. The van der Waals surface area contributed by atoms with Gasteiger partial charge in [0.2, 0.25) is 0 Å². The van der Waals surface area contributed by atoms with Crippen LogP contribution in [0.2, 0.25) is 0 Å². The number of rotatable bonds is 5. The molecule has 33 heavy (non-hydrogen) atoms. The van der Waals surface area contributed by atoms with Gasteiger partial charge in [-0.3, -0.25) is 14.6 Å². The van der Waals surface area contributed by atoms with E-state index in [0.29, 0.717) is 19.3 Å². The number of ketones is 2. The SMILES string of the molecule is CC12CCC(=O)C=C1CCC1C2C(O)CC2(C)C1CC[C@]2(O)C(=O)COCc1ccccn1. The second-order valence-corrected chi connectivity index (χ2v) is 11.2. The zero-order chi connectivity index (χ0) is 23.4. The van der Waals surface area contributed by atoms with Crippen LogP contribution >= 0.6 is 0 Å². The number of allylic oxidation sites excluding steroid dienone is 1. The molecule has 0 aliphatic heterocycles. The molecule has 0 radical (unpaired) electrons. The Morgan fingerprint density at radius 3 is 2.79 bits per heavy atom. The minimum absolute atomic E-state index is 0.0709. The van der Waals surface area contributed by atoms with Gasteiger partial charge in [0.05, 0.1) is 18.4 Å². The van der Waals surface area contributed by atoms with E-state index < -0.39 is 17.1 Å². The molecule has 6 unspecified atom stereocenters. The van der Waals surface area contributed by atoms with Crippen molar-refractivity contribution in [3.63, 3.8) is 0 Å². The Kier molecular flexibility index (Phi) is 5.62. The molecule has 178 valence electrons. The predicted octanol–water partition coefficient (Wildman–Crippen LogP) is 3.40. The average molecular weight is 454 g/mol. The van der Waals surface area contributed by atoms with Gasteiger partial charge in [-0.05, 0) is 79.9 Å². The van der Waals surface area contributed by atoms with Gasteiger partial charge in [-0.2, -0.15) is 0 Å². The van der Waals surface area contributed by atoms with E-state index in [1.165, 1.54) is 5.57 Å². The lowest BCUT2D eigenvalue weighted by atomic mass is 9.45. The Balaban J connectivity index is 1.35. The lowest BCUT2D eigenvalue weighted by Gasteiger charge is -2.60. The predicted molar refractivity (Wildman–Crippen MR) is 122 cm³/mol. The zero-order valence-electron chi connectivity index (χ0n) is 19.6. The molecule has 2 N–H and O–H groups in total. The number of pyridine rings is 1. The molecule has 5 rings (SSSR count). The molecule has 0 bridgehead atoms. The van der Waals surface area contributed by atoms with Crippen molar-refractivity contribution in [3.8, 4) is 0 Å². The number of ether oxygens (including phenoxy) is 1. The fourth-order valence-electron chi connectivity index (χ4n) is 8.00. The molecule has 4 aliphatic rings. The smallest absolute Gasteiger partial charge is 0.190 e. The van der Waals surface area contributed by atoms with Crippen LogP contribution in [0.15, 0.2) is 36.0 Å². The quantitative estimate of drug-likeness (QED) is 0.709. The van der Waals surface area contributed by atoms with Gasteiger partial charge < -0.3 is 14.9 Å². The third kappa shape index (κ3) is 3.44. The van der Waals surface area contributed by atoms with Crippen molar-refractivity contribution in [1.82, 2.24) is 4.98 Å². The number of hydrogen-bond donors (Lipinski definition) is 2. The highest BCUT2D eigenvalue weighted by Gasteiger charge is 2.68. The van der Waals surface area contributed by atoms with E-state index in [-0.39, 0.29) is 47.9 Å². The van der Waals surface area contributed by atoms with Crippen LogP contribution in [0, 0.1) is 28.6 Å². The lowest BCUT2D eigenvalue weighted by molar-refractivity contribution is -0.183. The molecule has 4 aliphatic carbocycles. The Morgan fingerprint density at radius 1 is 1.21 bits per heavy atom. The molecule has 7 atom stereocenters. The minimum atomic E-state index is -1.49. The number of fused-ring (bicyclic) bond motifs is 5. The maximum Gasteiger partial charge on any atom is 0.190 e. The first kappa shape index (κ1) is 22.9. The largest absolute Gasteiger partial charge is 0.393 e. The Bertz CT molecular complexity index is 976. The summed E-state index contributed by atoms with van der Waals surface area (Å²) in [5.74, 6) is 0.390. The molecule has 0 spiro atoms. The van der Waals surface area contributed by atoms with E-state index in [1.54, 1.807) is 6.20 Å². The standard InChI is InChI=1S/C27H35NO5/c1-25-10-8-19(29)13-17(25)6-7-20-21-9-11-27(32,26(21,2)14-22(30)24(20)25)23(31)16-33-15-18-5-3-4-12-28-18/h3-5,12-13,20-22,24,30,32H,6-11,14-16H2,1-2H3/t20?,21?,22?,24?,25?,26?,27-/m0/s1. The molecule has 0 saturated heterocycles. The van der Waals surface area contributed by atoms with Gasteiger partial charge in [0.1, 0.15) is 12.2 Å². The summed E-state index contributed by atoms with van der Waals surface area (Å²) in [5, 5.41) is 23.2. The summed E-state index contributed by atoms with van der Waals surface area (Å²) < 4.78 is 5.64. The number of nitrogens with zero attached hydrogens (tertiary/aromatic N) is 1. The number of carbonyl (C=O) groups is 2. The van der Waals surface area contributed by atoms with Crippen LogP contribution in [0.3, 0.4) is 0 Å². The normalized spacial score (nSPS) is 42.2. The molecule has 3 saturated carbocycles. The second-order valence-electron chi connectivity index (χ2n) is 11.2. The maximum atomic E-state index is 13.3. The summed E-state index contributed by atoms with van der Waals surface area (Å²) in [4.78, 5) is 29.5. The highest BCUT2D eigenvalue weighted by molar-refractivity contribution is 5.92. The van der Waals surface area contributed by atoms with Gasteiger partial charge in [0.15, 0.2) is 11.6 Å². The van der Waals surface area contributed by atoms with Crippen LogP contribution in [0.1, 0.15) is 64.5 Å². The number of carbonyl (C=O) groups excluding carboxylic acids is 2. The summed E-state index contributed by atoms with van der Waals surface area (Å²) in [6.45, 7) is 4.28. The third-order valence-corrected chi connectivity index (χ3v) is 9.72. The Hall–Kier alpha value is -1.89. The van der Waals surface area contributed by atoms with E-state index in [4.69, 9.17) is 4.74 Å². The van der Waals surface area contributed by atoms with Gasteiger partial charge in [-0.15, -0.1) is 0 Å². The van der Waals surface area contributed by atoms with Crippen molar-refractivity contribution in [2.45, 2.75) is 77.1 Å². The first-order chi connectivity index (χ1) is 15.7. The molecule has 0 aromatic carbocycles. The van der Waals surface area contributed by atoms with Crippen LogP contribution in [-0.2, 0) is 20.9 Å². The van der Waals surface area contributed by atoms with E-state index in [1.807, 2.05) is 31.2 Å².